The van der Waals surface area contributed by atoms with E-state index in [4.69, 9.17) is 0 Å². The third-order valence-electron chi connectivity index (χ3n) is 4.68. The smallest absolute Gasteiger partial charge is 0.251 e. The highest BCUT2D eigenvalue weighted by atomic mass is 16.3. The maximum atomic E-state index is 12.6. The van der Waals surface area contributed by atoms with Crippen LogP contribution in [0.5, 0.6) is 0 Å². The summed E-state index contributed by atoms with van der Waals surface area (Å²) in [6.07, 6.45) is 0. The molecule has 0 spiro atoms. The first kappa shape index (κ1) is 20.3. The molecular weight excluding hydrogens is 364 g/mol. The maximum absolute atomic E-state index is 12.6. The summed E-state index contributed by atoms with van der Waals surface area (Å²) in [6, 6.07) is 25.6. The molecule has 2 N–H and O–H groups in total. The lowest BCUT2D eigenvalue weighted by molar-refractivity contribution is -0.133. The van der Waals surface area contributed by atoms with E-state index in [2.05, 4.69) is 5.32 Å². The molecule has 0 aliphatic carbocycles. The molecule has 3 aromatic rings. The fourth-order valence-corrected chi connectivity index (χ4v) is 3.07. The van der Waals surface area contributed by atoms with Gasteiger partial charge in [-0.05, 0) is 28.8 Å². The van der Waals surface area contributed by atoms with Crippen LogP contribution in [0.4, 0.5) is 0 Å². The number of nitrogens with one attached hydrogen (secondary N) is 1. The summed E-state index contributed by atoms with van der Waals surface area (Å²) in [5.41, 5.74) is 3.47. The Balaban J connectivity index is 1.63. The molecule has 0 radical (unpaired) electrons. The van der Waals surface area contributed by atoms with Crippen molar-refractivity contribution in [3.63, 3.8) is 0 Å². The second kappa shape index (κ2) is 9.66. The summed E-state index contributed by atoms with van der Waals surface area (Å²) in [5.74, 6) is -0.740. The van der Waals surface area contributed by atoms with Gasteiger partial charge in [0.15, 0.2) is 0 Å². The normalized spacial score (nSPS) is 11.5. The molecule has 29 heavy (non-hydrogen) atoms. The molecule has 0 fully saturated rings. The van der Waals surface area contributed by atoms with Crippen molar-refractivity contribution in [1.82, 2.24) is 10.2 Å². The van der Waals surface area contributed by atoms with E-state index < -0.39 is 18.6 Å². The number of benzene rings is 3. The zero-order valence-electron chi connectivity index (χ0n) is 16.3. The van der Waals surface area contributed by atoms with Crippen LogP contribution in [0.3, 0.4) is 0 Å². The van der Waals surface area contributed by atoms with Gasteiger partial charge in [0.2, 0.25) is 5.91 Å². The monoisotopic (exact) mass is 388 g/mol. The minimum atomic E-state index is -0.995. The molecule has 0 saturated carbocycles. The SMILES string of the molecule is CN(Cc1ccccc1)C(=O)[C@H](CO)NC(=O)c1ccc(-c2ccccc2)cc1. The average Bonchev–Trinajstić information content (AvgIpc) is 2.78. The lowest BCUT2D eigenvalue weighted by Crippen LogP contribution is -2.49. The molecule has 5 heteroatoms. The number of aliphatic hydroxyl groups excluding tert-OH is 1. The van der Waals surface area contributed by atoms with Gasteiger partial charge in [-0.3, -0.25) is 9.59 Å². The quantitative estimate of drug-likeness (QED) is 0.653. The Bertz CT molecular complexity index is 941. The Labute approximate surface area is 170 Å². The number of rotatable bonds is 7. The summed E-state index contributed by atoms with van der Waals surface area (Å²) >= 11 is 0. The van der Waals surface area contributed by atoms with E-state index in [1.807, 2.05) is 72.8 Å². The van der Waals surface area contributed by atoms with Gasteiger partial charge in [-0.15, -0.1) is 0 Å². The second-order valence-corrected chi connectivity index (χ2v) is 6.83. The van der Waals surface area contributed by atoms with E-state index in [0.29, 0.717) is 12.1 Å². The van der Waals surface area contributed by atoms with Crippen molar-refractivity contribution in [2.75, 3.05) is 13.7 Å². The Morgan fingerprint density at radius 1 is 0.862 bits per heavy atom. The summed E-state index contributed by atoms with van der Waals surface area (Å²) in [4.78, 5) is 26.7. The molecule has 0 unspecified atom stereocenters. The number of likely N-dealkylation sites (N-methyl/N-ethyl adjacent to an activating group) is 1. The van der Waals surface area contributed by atoms with Crippen molar-refractivity contribution in [1.29, 1.82) is 0 Å². The third kappa shape index (κ3) is 5.30. The maximum Gasteiger partial charge on any atom is 0.251 e. The van der Waals surface area contributed by atoms with Gasteiger partial charge in [0, 0.05) is 19.2 Å². The van der Waals surface area contributed by atoms with E-state index in [0.717, 1.165) is 16.7 Å². The van der Waals surface area contributed by atoms with Crippen LogP contribution < -0.4 is 5.32 Å². The molecule has 1 atom stereocenters. The largest absolute Gasteiger partial charge is 0.394 e. The van der Waals surface area contributed by atoms with Crippen LogP contribution in [0.15, 0.2) is 84.9 Å². The highest BCUT2D eigenvalue weighted by Crippen LogP contribution is 2.19. The Morgan fingerprint density at radius 3 is 2.00 bits per heavy atom. The van der Waals surface area contributed by atoms with Gasteiger partial charge < -0.3 is 15.3 Å². The number of aliphatic hydroxyl groups is 1. The Kier molecular flexibility index (Phi) is 6.76. The molecule has 0 aliphatic rings. The average molecular weight is 388 g/mol. The first-order valence-corrected chi connectivity index (χ1v) is 9.44. The van der Waals surface area contributed by atoms with E-state index in [9.17, 15) is 14.7 Å². The topological polar surface area (TPSA) is 69.6 Å². The minimum Gasteiger partial charge on any atom is -0.394 e. The van der Waals surface area contributed by atoms with Crippen LogP contribution in [0.25, 0.3) is 11.1 Å². The van der Waals surface area contributed by atoms with Gasteiger partial charge >= 0.3 is 0 Å². The number of amides is 2. The van der Waals surface area contributed by atoms with Gasteiger partial charge in [0.1, 0.15) is 6.04 Å². The van der Waals surface area contributed by atoms with Gasteiger partial charge in [0.05, 0.1) is 6.61 Å². The van der Waals surface area contributed by atoms with Gasteiger partial charge in [-0.25, -0.2) is 0 Å². The molecule has 5 nitrogen and oxygen atoms in total. The zero-order valence-corrected chi connectivity index (χ0v) is 16.3. The van der Waals surface area contributed by atoms with E-state index in [1.165, 1.54) is 4.90 Å². The van der Waals surface area contributed by atoms with Crippen LogP contribution in [0.1, 0.15) is 15.9 Å². The molecule has 3 aromatic carbocycles. The van der Waals surface area contributed by atoms with Crippen LogP contribution in [-0.2, 0) is 11.3 Å². The molecule has 0 bridgehead atoms. The molecule has 0 aliphatic heterocycles. The molecule has 3 rings (SSSR count). The standard InChI is InChI=1S/C24H24N2O3/c1-26(16-18-8-4-2-5-9-18)24(29)22(17-27)25-23(28)21-14-12-20(13-15-21)19-10-6-3-7-11-19/h2-15,22,27H,16-17H2,1H3,(H,25,28)/t22-/m0/s1. The van der Waals surface area contributed by atoms with Crippen LogP contribution in [-0.4, -0.2) is 41.5 Å². The van der Waals surface area contributed by atoms with Crippen LogP contribution in [0, 0.1) is 0 Å². The highest BCUT2D eigenvalue weighted by Gasteiger charge is 2.24. The number of nitrogens with zero attached hydrogens (tertiary/aromatic N) is 1. The molecule has 0 saturated heterocycles. The van der Waals surface area contributed by atoms with Gasteiger partial charge in [-0.2, -0.15) is 0 Å². The van der Waals surface area contributed by atoms with Gasteiger partial charge in [0.25, 0.3) is 5.91 Å². The lowest BCUT2D eigenvalue weighted by Gasteiger charge is -2.23. The van der Waals surface area contributed by atoms with Crippen molar-refractivity contribution in [2.45, 2.75) is 12.6 Å². The molecule has 0 heterocycles. The molecule has 148 valence electrons. The van der Waals surface area contributed by atoms with E-state index >= 15 is 0 Å². The summed E-state index contributed by atoms with van der Waals surface area (Å²) in [6.45, 7) is -0.0659. The van der Waals surface area contributed by atoms with Gasteiger partial charge in [-0.1, -0.05) is 72.8 Å². The fourth-order valence-electron chi connectivity index (χ4n) is 3.07. The predicted octanol–water partition coefficient (Wildman–Crippen LogP) is 3.10. The van der Waals surface area contributed by atoms with Crippen molar-refractivity contribution in [3.05, 3.63) is 96.1 Å². The van der Waals surface area contributed by atoms with Crippen molar-refractivity contribution in [3.8, 4) is 11.1 Å². The number of carbonyl (C=O) groups is 2. The minimum absolute atomic E-state index is 0.342. The van der Waals surface area contributed by atoms with Crippen LogP contribution >= 0.6 is 0 Å². The number of hydrogen-bond donors (Lipinski definition) is 2. The summed E-state index contributed by atoms with van der Waals surface area (Å²) < 4.78 is 0. The fraction of sp³-hybridized carbons (Fsp3) is 0.167. The molecule has 0 aromatic heterocycles. The number of carbonyl (C=O) groups excluding carboxylic acids is 2. The van der Waals surface area contributed by atoms with Crippen LogP contribution in [0.2, 0.25) is 0 Å². The third-order valence-corrected chi connectivity index (χ3v) is 4.68. The summed E-state index contributed by atoms with van der Waals surface area (Å²) in [7, 11) is 1.65. The first-order valence-electron chi connectivity index (χ1n) is 9.44. The molecule has 2 amide bonds. The lowest BCUT2D eigenvalue weighted by atomic mass is 10.0. The van der Waals surface area contributed by atoms with Crippen molar-refractivity contribution < 1.29 is 14.7 Å². The number of hydrogen-bond acceptors (Lipinski definition) is 3. The van der Waals surface area contributed by atoms with Crippen molar-refractivity contribution in [2.24, 2.45) is 0 Å². The van der Waals surface area contributed by atoms with E-state index in [1.54, 1.807) is 19.2 Å². The molecular formula is C24H24N2O3. The van der Waals surface area contributed by atoms with E-state index in [-0.39, 0.29) is 5.91 Å². The highest BCUT2D eigenvalue weighted by molar-refractivity contribution is 5.97. The Hall–Kier alpha value is -3.44. The zero-order chi connectivity index (χ0) is 20.6. The second-order valence-electron chi connectivity index (χ2n) is 6.83. The predicted molar refractivity (Wildman–Crippen MR) is 113 cm³/mol. The Morgan fingerprint density at radius 2 is 1.41 bits per heavy atom. The van der Waals surface area contributed by atoms with Crippen molar-refractivity contribution >= 4 is 11.8 Å². The first-order chi connectivity index (χ1) is 14.1. The summed E-state index contributed by atoms with van der Waals surface area (Å²) in [5, 5.41) is 12.3.